The third-order valence-electron chi connectivity index (χ3n) is 2.92. The first-order chi connectivity index (χ1) is 9.35. The van der Waals surface area contributed by atoms with E-state index in [1.807, 2.05) is 0 Å². The number of hydrogen-bond donors (Lipinski definition) is 1. The van der Waals surface area contributed by atoms with Crippen LogP contribution in [0.1, 0.15) is 5.69 Å². The molecule has 19 heavy (non-hydrogen) atoms. The highest BCUT2D eigenvalue weighted by Gasteiger charge is 2.15. The minimum atomic E-state index is 0.102. The van der Waals surface area contributed by atoms with Crippen molar-refractivity contribution >= 4 is 0 Å². The fourth-order valence-electron chi connectivity index (χ4n) is 1.98. The van der Waals surface area contributed by atoms with Crippen molar-refractivity contribution < 1.29 is 18.9 Å². The molecule has 1 aliphatic heterocycles. The summed E-state index contributed by atoms with van der Waals surface area (Å²) in [6.45, 7) is 3.30. The van der Waals surface area contributed by atoms with Gasteiger partial charge >= 0.3 is 0 Å². The van der Waals surface area contributed by atoms with Crippen molar-refractivity contribution in [1.82, 2.24) is 10.3 Å². The summed E-state index contributed by atoms with van der Waals surface area (Å²) in [5, 5.41) is 3.29. The van der Waals surface area contributed by atoms with Gasteiger partial charge in [-0.15, -0.1) is 0 Å². The van der Waals surface area contributed by atoms with E-state index < -0.39 is 0 Å². The molecule has 1 N–H and O–H groups in total. The van der Waals surface area contributed by atoms with E-state index in [1.54, 1.807) is 26.5 Å². The summed E-state index contributed by atoms with van der Waals surface area (Å²) < 4.78 is 21.5. The summed E-state index contributed by atoms with van der Waals surface area (Å²) in [6.07, 6.45) is 1.81. The Balaban J connectivity index is 1.88. The lowest BCUT2D eigenvalue weighted by Crippen LogP contribution is -2.37. The summed E-state index contributed by atoms with van der Waals surface area (Å²) in [5.41, 5.74) is 0.818. The highest BCUT2D eigenvalue weighted by atomic mass is 16.6. The molecule has 1 aliphatic rings. The molecule has 0 aromatic carbocycles. The van der Waals surface area contributed by atoms with E-state index in [4.69, 9.17) is 18.9 Å². The fourth-order valence-corrected chi connectivity index (χ4v) is 1.98. The van der Waals surface area contributed by atoms with Crippen molar-refractivity contribution in [2.24, 2.45) is 0 Å². The molecule has 2 heterocycles. The van der Waals surface area contributed by atoms with Gasteiger partial charge in [0.15, 0.2) is 11.5 Å². The van der Waals surface area contributed by atoms with Crippen molar-refractivity contribution in [3.05, 3.63) is 18.0 Å². The summed E-state index contributed by atoms with van der Waals surface area (Å²) in [4.78, 5) is 4.30. The molecule has 6 nitrogen and oxygen atoms in total. The maximum Gasteiger partial charge on any atom is 0.183 e. The van der Waals surface area contributed by atoms with Crippen LogP contribution in [0.3, 0.4) is 0 Å². The molecule has 1 aromatic heterocycles. The number of pyridine rings is 1. The van der Waals surface area contributed by atoms with Crippen LogP contribution in [0, 0.1) is 0 Å². The maximum atomic E-state index is 5.55. The lowest BCUT2D eigenvalue weighted by atomic mass is 10.3. The molecule has 106 valence electrons. The van der Waals surface area contributed by atoms with Crippen molar-refractivity contribution in [2.45, 2.75) is 12.6 Å². The molecule has 1 aromatic rings. The Morgan fingerprint density at radius 2 is 2.26 bits per heavy atom. The van der Waals surface area contributed by atoms with Gasteiger partial charge in [0, 0.05) is 25.4 Å². The third kappa shape index (κ3) is 3.79. The number of nitrogens with zero attached hydrogens (tertiary/aromatic N) is 1. The molecule has 1 atom stereocenters. The van der Waals surface area contributed by atoms with E-state index in [0.29, 0.717) is 37.9 Å². The second-order valence-electron chi connectivity index (χ2n) is 4.19. The number of ether oxygens (including phenoxy) is 4. The Morgan fingerprint density at radius 3 is 2.95 bits per heavy atom. The van der Waals surface area contributed by atoms with Gasteiger partial charge in [0.05, 0.1) is 45.8 Å². The monoisotopic (exact) mass is 268 g/mol. The normalized spacial score (nSPS) is 19.2. The van der Waals surface area contributed by atoms with Crippen LogP contribution in [0.4, 0.5) is 0 Å². The van der Waals surface area contributed by atoms with Gasteiger partial charge in [-0.3, -0.25) is 4.98 Å². The van der Waals surface area contributed by atoms with Crippen LogP contribution in [-0.2, 0) is 16.0 Å². The zero-order valence-corrected chi connectivity index (χ0v) is 11.3. The summed E-state index contributed by atoms with van der Waals surface area (Å²) in [5.74, 6) is 1.35. The van der Waals surface area contributed by atoms with Crippen LogP contribution < -0.4 is 14.8 Å². The van der Waals surface area contributed by atoms with Gasteiger partial charge in [-0.05, 0) is 0 Å². The number of rotatable bonds is 6. The predicted molar refractivity (Wildman–Crippen MR) is 69.6 cm³/mol. The van der Waals surface area contributed by atoms with E-state index in [2.05, 4.69) is 10.3 Å². The minimum absolute atomic E-state index is 0.102. The quantitative estimate of drug-likeness (QED) is 0.815. The Labute approximate surface area is 113 Å². The Kier molecular flexibility index (Phi) is 5.38. The molecular weight excluding hydrogens is 248 g/mol. The van der Waals surface area contributed by atoms with Crippen LogP contribution in [0.15, 0.2) is 12.3 Å². The van der Waals surface area contributed by atoms with E-state index in [9.17, 15) is 0 Å². The van der Waals surface area contributed by atoms with Gasteiger partial charge in [0.2, 0.25) is 0 Å². The molecule has 6 heteroatoms. The van der Waals surface area contributed by atoms with Gasteiger partial charge in [0.25, 0.3) is 0 Å². The zero-order valence-electron chi connectivity index (χ0n) is 11.3. The topological polar surface area (TPSA) is 61.8 Å². The number of nitrogens with one attached hydrogen (secondary N) is 1. The van der Waals surface area contributed by atoms with Crippen LogP contribution >= 0.6 is 0 Å². The van der Waals surface area contributed by atoms with Crippen molar-refractivity contribution in [1.29, 1.82) is 0 Å². The van der Waals surface area contributed by atoms with E-state index in [0.717, 1.165) is 12.2 Å². The van der Waals surface area contributed by atoms with E-state index in [1.165, 1.54) is 0 Å². The van der Waals surface area contributed by atoms with Gasteiger partial charge in [-0.2, -0.15) is 0 Å². The first kappa shape index (κ1) is 14.0. The van der Waals surface area contributed by atoms with Crippen LogP contribution in [0.25, 0.3) is 0 Å². The van der Waals surface area contributed by atoms with Gasteiger partial charge < -0.3 is 24.3 Å². The number of aromatic nitrogens is 1. The smallest absolute Gasteiger partial charge is 0.183 e. The fraction of sp³-hybridized carbons (Fsp3) is 0.615. The average molecular weight is 268 g/mol. The van der Waals surface area contributed by atoms with Gasteiger partial charge in [0.1, 0.15) is 0 Å². The molecule has 0 bridgehead atoms. The first-order valence-electron chi connectivity index (χ1n) is 6.31. The number of methoxy groups -OCH3 is 2. The molecule has 1 unspecified atom stereocenters. The lowest BCUT2D eigenvalue weighted by molar-refractivity contribution is -0.0864. The molecule has 0 spiro atoms. The Morgan fingerprint density at radius 1 is 1.37 bits per heavy atom. The second-order valence-corrected chi connectivity index (χ2v) is 4.19. The zero-order chi connectivity index (χ0) is 13.5. The van der Waals surface area contributed by atoms with Crippen LogP contribution in [0.2, 0.25) is 0 Å². The van der Waals surface area contributed by atoms with E-state index >= 15 is 0 Å². The minimum Gasteiger partial charge on any atom is -0.493 e. The third-order valence-corrected chi connectivity index (χ3v) is 2.92. The van der Waals surface area contributed by atoms with Gasteiger partial charge in [-0.1, -0.05) is 0 Å². The standard InChI is InChI=1S/C13H20N2O4/c1-16-12-3-4-15-11(13(12)17-2)8-14-7-10-9-18-5-6-19-10/h3-4,10,14H,5-9H2,1-2H3. The summed E-state index contributed by atoms with van der Waals surface area (Å²) in [6, 6.07) is 1.78. The molecule has 0 amide bonds. The van der Waals surface area contributed by atoms with Crippen molar-refractivity contribution in [3.63, 3.8) is 0 Å². The largest absolute Gasteiger partial charge is 0.493 e. The molecule has 2 rings (SSSR count). The average Bonchev–Trinajstić information content (AvgIpc) is 2.48. The first-order valence-corrected chi connectivity index (χ1v) is 6.31. The molecular formula is C13H20N2O4. The Bertz CT molecular complexity index is 394. The number of hydrogen-bond acceptors (Lipinski definition) is 6. The van der Waals surface area contributed by atoms with E-state index in [-0.39, 0.29) is 6.10 Å². The predicted octanol–water partition coefficient (Wildman–Crippen LogP) is 0.604. The van der Waals surface area contributed by atoms with Gasteiger partial charge in [-0.25, -0.2) is 0 Å². The molecule has 0 saturated carbocycles. The molecule has 0 radical (unpaired) electrons. The second kappa shape index (κ2) is 7.28. The van der Waals surface area contributed by atoms with Crippen molar-refractivity contribution in [2.75, 3.05) is 40.6 Å². The highest BCUT2D eigenvalue weighted by molar-refractivity contribution is 5.42. The summed E-state index contributed by atoms with van der Waals surface area (Å²) >= 11 is 0. The SMILES string of the molecule is COc1ccnc(CNCC2COCCO2)c1OC. The lowest BCUT2D eigenvalue weighted by Gasteiger charge is -2.23. The molecule has 1 saturated heterocycles. The highest BCUT2D eigenvalue weighted by Crippen LogP contribution is 2.28. The molecule has 1 fully saturated rings. The maximum absolute atomic E-state index is 5.55. The molecule has 0 aliphatic carbocycles. The van der Waals surface area contributed by atoms with Crippen LogP contribution in [-0.4, -0.2) is 51.7 Å². The summed E-state index contributed by atoms with van der Waals surface area (Å²) in [7, 11) is 3.23. The Hall–Kier alpha value is -1.37. The van der Waals surface area contributed by atoms with Crippen LogP contribution in [0.5, 0.6) is 11.5 Å². The van der Waals surface area contributed by atoms with Crippen molar-refractivity contribution in [3.8, 4) is 11.5 Å².